The summed E-state index contributed by atoms with van der Waals surface area (Å²) >= 11 is 0. The van der Waals surface area contributed by atoms with E-state index >= 15 is 0 Å². The van der Waals surface area contributed by atoms with Gasteiger partial charge >= 0.3 is 0 Å². The van der Waals surface area contributed by atoms with Gasteiger partial charge < -0.3 is 24.6 Å². The smallest absolute Gasteiger partial charge is 0.236 e. The minimum Gasteiger partial charge on any atom is -0.379 e. The Kier molecular flexibility index (Phi) is 7.91. The Morgan fingerprint density at radius 1 is 1.33 bits per heavy atom. The molecule has 1 heterocycles. The third-order valence-corrected chi connectivity index (χ3v) is 2.75. The average Bonchev–Trinajstić information content (AvgIpc) is 2.38. The Hall–Kier alpha value is -0.690. The van der Waals surface area contributed by atoms with E-state index < -0.39 is 0 Å². The highest BCUT2D eigenvalue weighted by Crippen LogP contribution is 1.96. The first-order valence-corrected chi connectivity index (χ1v) is 6.49. The summed E-state index contributed by atoms with van der Waals surface area (Å²) in [6.45, 7) is 6.11. The lowest BCUT2D eigenvalue weighted by atomic mass is 10.4. The predicted molar refractivity (Wildman–Crippen MR) is 69.6 cm³/mol. The standard InChI is InChI=1S/C12H25N3O3/c1-14(2)4-8-17-7-3-13-11-12(16)15-5-9-18-10-6-15/h13H,3-11H2,1-2H3. The molecule has 1 saturated heterocycles. The molecule has 18 heavy (non-hydrogen) atoms. The maximum absolute atomic E-state index is 11.7. The molecule has 0 aliphatic carbocycles. The Morgan fingerprint density at radius 2 is 2.06 bits per heavy atom. The molecular weight excluding hydrogens is 234 g/mol. The summed E-state index contributed by atoms with van der Waals surface area (Å²) in [6, 6.07) is 0. The number of morpholine rings is 1. The molecule has 1 N–H and O–H groups in total. The summed E-state index contributed by atoms with van der Waals surface area (Å²) in [6.07, 6.45) is 0. The van der Waals surface area contributed by atoms with Crippen LogP contribution in [0, 0.1) is 0 Å². The van der Waals surface area contributed by atoms with Crippen LogP contribution >= 0.6 is 0 Å². The molecule has 1 amide bonds. The Bertz CT molecular complexity index is 231. The van der Waals surface area contributed by atoms with Crippen LogP contribution in [0.15, 0.2) is 0 Å². The molecule has 0 atom stereocenters. The van der Waals surface area contributed by atoms with Gasteiger partial charge in [-0.15, -0.1) is 0 Å². The molecule has 0 aromatic rings. The molecule has 6 heteroatoms. The number of nitrogens with zero attached hydrogens (tertiary/aromatic N) is 2. The summed E-state index contributed by atoms with van der Waals surface area (Å²) < 4.78 is 10.6. The molecule has 1 aliphatic rings. The number of amides is 1. The van der Waals surface area contributed by atoms with Gasteiger partial charge in [-0.25, -0.2) is 0 Å². The normalized spacial score (nSPS) is 16.3. The van der Waals surface area contributed by atoms with E-state index in [1.807, 2.05) is 19.0 Å². The van der Waals surface area contributed by atoms with Crippen molar-refractivity contribution in [2.45, 2.75) is 0 Å². The second-order valence-electron chi connectivity index (χ2n) is 4.59. The van der Waals surface area contributed by atoms with Gasteiger partial charge in [-0.2, -0.15) is 0 Å². The fraction of sp³-hybridized carbons (Fsp3) is 0.917. The minimum atomic E-state index is 0.145. The summed E-state index contributed by atoms with van der Waals surface area (Å²) in [5.41, 5.74) is 0. The Morgan fingerprint density at radius 3 is 2.72 bits per heavy atom. The number of likely N-dealkylation sites (N-methyl/N-ethyl adjacent to an activating group) is 1. The quantitative estimate of drug-likeness (QED) is 0.568. The van der Waals surface area contributed by atoms with Gasteiger partial charge in [0.25, 0.3) is 0 Å². The predicted octanol–water partition coefficient (Wildman–Crippen LogP) is -0.987. The summed E-state index contributed by atoms with van der Waals surface area (Å²) in [5, 5.41) is 3.10. The summed E-state index contributed by atoms with van der Waals surface area (Å²) in [4.78, 5) is 15.7. The maximum Gasteiger partial charge on any atom is 0.236 e. The molecule has 6 nitrogen and oxygen atoms in total. The van der Waals surface area contributed by atoms with Crippen LogP contribution in [0.4, 0.5) is 0 Å². The molecule has 1 aliphatic heterocycles. The number of carbonyl (C=O) groups excluding carboxylic acids is 1. The lowest BCUT2D eigenvalue weighted by Gasteiger charge is -2.26. The molecular formula is C12H25N3O3. The molecule has 0 spiro atoms. The fourth-order valence-electron chi connectivity index (χ4n) is 1.61. The molecule has 1 fully saturated rings. The third-order valence-electron chi connectivity index (χ3n) is 2.75. The van der Waals surface area contributed by atoms with E-state index in [9.17, 15) is 4.79 Å². The van der Waals surface area contributed by atoms with Gasteiger partial charge in [-0.3, -0.25) is 4.79 Å². The first kappa shape index (κ1) is 15.4. The van der Waals surface area contributed by atoms with E-state index in [4.69, 9.17) is 9.47 Å². The van der Waals surface area contributed by atoms with Crippen LogP contribution in [-0.2, 0) is 14.3 Å². The number of nitrogens with one attached hydrogen (secondary N) is 1. The summed E-state index contributed by atoms with van der Waals surface area (Å²) in [7, 11) is 4.03. The van der Waals surface area contributed by atoms with Gasteiger partial charge in [0.05, 0.1) is 33.0 Å². The highest BCUT2D eigenvalue weighted by molar-refractivity contribution is 5.78. The number of carbonyl (C=O) groups is 1. The lowest BCUT2D eigenvalue weighted by molar-refractivity contribution is -0.134. The molecule has 0 aromatic heterocycles. The lowest BCUT2D eigenvalue weighted by Crippen LogP contribution is -2.45. The minimum absolute atomic E-state index is 0.145. The zero-order valence-corrected chi connectivity index (χ0v) is 11.5. The third kappa shape index (κ3) is 6.90. The largest absolute Gasteiger partial charge is 0.379 e. The van der Waals surface area contributed by atoms with Crippen molar-refractivity contribution < 1.29 is 14.3 Å². The van der Waals surface area contributed by atoms with Crippen molar-refractivity contribution in [1.29, 1.82) is 0 Å². The van der Waals surface area contributed by atoms with Gasteiger partial charge in [0, 0.05) is 26.2 Å². The molecule has 106 valence electrons. The van der Waals surface area contributed by atoms with Crippen LogP contribution in [0.3, 0.4) is 0 Å². The first-order chi connectivity index (χ1) is 8.70. The van der Waals surface area contributed by atoms with Crippen molar-refractivity contribution in [2.24, 2.45) is 0 Å². The van der Waals surface area contributed by atoms with Crippen molar-refractivity contribution in [2.75, 3.05) is 73.2 Å². The molecule has 0 bridgehead atoms. The number of rotatable bonds is 8. The number of hydrogen-bond acceptors (Lipinski definition) is 5. The van der Waals surface area contributed by atoms with Crippen molar-refractivity contribution in [3.63, 3.8) is 0 Å². The molecule has 0 radical (unpaired) electrons. The number of hydrogen-bond donors (Lipinski definition) is 1. The van der Waals surface area contributed by atoms with E-state index in [1.165, 1.54) is 0 Å². The van der Waals surface area contributed by atoms with Gasteiger partial charge in [-0.05, 0) is 14.1 Å². The van der Waals surface area contributed by atoms with E-state index in [2.05, 4.69) is 10.2 Å². The highest BCUT2D eigenvalue weighted by atomic mass is 16.5. The van der Waals surface area contributed by atoms with Crippen LogP contribution in [-0.4, -0.2) is 89.0 Å². The van der Waals surface area contributed by atoms with Crippen LogP contribution in [0.2, 0.25) is 0 Å². The van der Waals surface area contributed by atoms with Crippen molar-refractivity contribution in [3.05, 3.63) is 0 Å². The average molecular weight is 259 g/mol. The highest BCUT2D eigenvalue weighted by Gasteiger charge is 2.15. The van der Waals surface area contributed by atoms with Gasteiger partial charge in [0.2, 0.25) is 5.91 Å². The number of ether oxygens (including phenoxy) is 2. The maximum atomic E-state index is 11.7. The topological polar surface area (TPSA) is 54.0 Å². The van der Waals surface area contributed by atoms with E-state index in [0.29, 0.717) is 46.0 Å². The zero-order chi connectivity index (χ0) is 13.2. The van der Waals surface area contributed by atoms with Crippen LogP contribution in [0.25, 0.3) is 0 Å². The van der Waals surface area contributed by atoms with Crippen molar-refractivity contribution in [3.8, 4) is 0 Å². The van der Waals surface area contributed by atoms with Crippen LogP contribution in [0.1, 0.15) is 0 Å². The van der Waals surface area contributed by atoms with Crippen LogP contribution in [0.5, 0.6) is 0 Å². The molecule has 0 aromatic carbocycles. The van der Waals surface area contributed by atoms with Crippen LogP contribution < -0.4 is 5.32 Å². The summed E-state index contributed by atoms with van der Waals surface area (Å²) in [5.74, 6) is 0.145. The second-order valence-corrected chi connectivity index (χ2v) is 4.59. The van der Waals surface area contributed by atoms with E-state index in [-0.39, 0.29) is 5.91 Å². The van der Waals surface area contributed by atoms with Crippen molar-refractivity contribution in [1.82, 2.24) is 15.1 Å². The molecule has 0 saturated carbocycles. The van der Waals surface area contributed by atoms with E-state index in [0.717, 1.165) is 13.2 Å². The first-order valence-electron chi connectivity index (χ1n) is 6.49. The van der Waals surface area contributed by atoms with Crippen molar-refractivity contribution >= 4 is 5.91 Å². The van der Waals surface area contributed by atoms with Gasteiger partial charge in [0.1, 0.15) is 0 Å². The van der Waals surface area contributed by atoms with Gasteiger partial charge in [0.15, 0.2) is 0 Å². The molecule has 1 rings (SSSR count). The SMILES string of the molecule is CN(C)CCOCCNCC(=O)N1CCOCC1. The Balaban J connectivity index is 1.92. The zero-order valence-electron chi connectivity index (χ0n) is 11.5. The monoisotopic (exact) mass is 259 g/mol. The fourth-order valence-corrected chi connectivity index (χ4v) is 1.61. The second kappa shape index (κ2) is 9.27. The Labute approximate surface area is 109 Å². The van der Waals surface area contributed by atoms with E-state index in [1.54, 1.807) is 0 Å². The molecule has 0 unspecified atom stereocenters. The van der Waals surface area contributed by atoms with Gasteiger partial charge in [-0.1, -0.05) is 0 Å².